The van der Waals surface area contributed by atoms with Crippen LogP contribution in [0.2, 0.25) is 0 Å². The zero-order valence-corrected chi connectivity index (χ0v) is 62.9. The summed E-state index contributed by atoms with van der Waals surface area (Å²) >= 11 is 0. The van der Waals surface area contributed by atoms with Crippen molar-refractivity contribution >= 4 is 70.7 Å². The number of likely N-dealkylation sites (tertiary alicyclic amines) is 2. The number of hydrogen-bond donors (Lipinski definition) is 7. The Kier molecular flexibility index (Phi) is 36.7. The number of Topliss-reactive ketones (excluding diaryl/α,β-unsaturated/α-hetero) is 2. The first kappa shape index (κ1) is 87.8. The number of methoxy groups -OCH3 is 2. The topological polar surface area (TPSA) is 335 Å². The summed E-state index contributed by atoms with van der Waals surface area (Å²) in [6, 6.07) is 8.25. The second-order valence-corrected chi connectivity index (χ2v) is 28.9. The number of carbonyl (C=O) groups excluding carboxylic acids is 11. The zero-order chi connectivity index (χ0) is 77.0. The van der Waals surface area contributed by atoms with Gasteiger partial charge in [-0.05, 0) is 97.8 Å². The van der Waals surface area contributed by atoms with Crippen molar-refractivity contribution in [2.75, 3.05) is 59.8 Å². The van der Waals surface area contributed by atoms with Crippen LogP contribution < -0.4 is 32.3 Å². The zero-order valence-electron chi connectivity index (χ0n) is 62.9. The second-order valence-electron chi connectivity index (χ2n) is 28.9. The number of rotatable bonds is 45. The highest BCUT2D eigenvalue weighted by molar-refractivity contribution is 6.02. The van der Waals surface area contributed by atoms with Gasteiger partial charge >= 0.3 is 18.3 Å². The lowest BCUT2D eigenvalue weighted by atomic mass is 9.85. The van der Waals surface area contributed by atoms with Crippen LogP contribution in [0.3, 0.4) is 0 Å². The highest BCUT2D eigenvalue weighted by Crippen LogP contribution is 2.34. The van der Waals surface area contributed by atoms with Gasteiger partial charge in [0.1, 0.15) is 30.5 Å². The van der Waals surface area contributed by atoms with Crippen LogP contribution in [0.15, 0.2) is 54.6 Å². The van der Waals surface area contributed by atoms with Crippen LogP contribution in [0.25, 0.3) is 0 Å². The number of alkyl carbamates (subject to hydrolysis) is 1. The molecule has 2 aliphatic heterocycles. The van der Waals surface area contributed by atoms with Crippen LogP contribution in [-0.2, 0) is 64.0 Å². The maximum absolute atomic E-state index is 14.8. The molecule has 2 aromatic rings. The fourth-order valence-corrected chi connectivity index (χ4v) is 13.9. The summed E-state index contributed by atoms with van der Waals surface area (Å²) in [5, 5.41) is 24.3. The molecule has 2 aliphatic rings. The third-order valence-electron chi connectivity index (χ3n) is 20.1. The summed E-state index contributed by atoms with van der Waals surface area (Å²) in [5.41, 5.74) is 6.77. The van der Waals surface area contributed by atoms with E-state index in [4.69, 9.17) is 19.9 Å². The Bertz CT molecular complexity index is 3070. The third kappa shape index (κ3) is 27.1. The van der Waals surface area contributed by atoms with Crippen LogP contribution >= 0.6 is 0 Å². The van der Waals surface area contributed by atoms with E-state index >= 15 is 0 Å². The van der Waals surface area contributed by atoms with Gasteiger partial charge in [0.05, 0.1) is 42.9 Å². The summed E-state index contributed by atoms with van der Waals surface area (Å²) in [5.74, 6) is -7.01. The number of carbonyl (C=O) groups is 11. The number of halogens is 3. The number of hydrogen-bond acceptors (Lipinski definition) is 16. The molecule has 0 saturated carbocycles. The van der Waals surface area contributed by atoms with Crippen molar-refractivity contribution < 1.29 is 85.2 Å². The van der Waals surface area contributed by atoms with Gasteiger partial charge in [0.2, 0.25) is 41.4 Å². The molecule has 4 rings (SSSR count). The van der Waals surface area contributed by atoms with E-state index in [1.54, 1.807) is 77.4 Å². The Balaban J connectivity index is 1.30. The molecule has 2 aromatic carbocycles. The number of unbranched alkanes of at least 4 members (excludes halogenated alkanes) is 2. The lowest BCUT2D eigenvalue weighted by Crippen LogP contribution is -2.60. The molecular formula is C75H117F3N10O15. The lowest BCUT2D eigenvalue weighted by molar-refractivity contribution is -0.161. The Morgan fingerprint density at radius 3 is 1.91 bits per heavy atom. The lowest BCUT2D eigenvalue weighted by Gasteiger charge is -2.41. The fraction of sp³-hybridized carbons (Fsp3) is 0.693. The molecule has 0 spiro atoms. The van der Waals surface area contributed by atoms with E-state index in [0.29, 0.717) is 49.9 Å². The Morgan fingerprint density at radius 1 is 0.709 bits per heavy atom. The molecule has 2 heterocycles. The molecule has 103 heavy (non-hydrogen) atoms. The highest BCUT2D eigenvalue weighted by atomic mass is 19.4. The number of aliphatic hydroxyl groups excluding tert-OH is 1. The minimum Gasteiger partial charge on any atom is -0.445 e. The predicted octanol–water partition coefficient (Wildman–Crippen LogP) is 8.78. The van der Waals surface area contributed by atoms with Crippen molar-refractivity contribution in [3.05, 3.63) is 65.7 Å². The number of urea groups is 1. The number of aliphatic hydroxyl groups is 1. The highest BCUT2D eigenvalue weighted by Gasteiger charge is 2.45. The number of imide groups is 1. The van der Waals surface area contributed by atoms with Gasteiger partial charge in [0.15, 0.2) is 5.78 Å². The predicted molar refractivity (Wildman–Crippen MR) is 383 cm³/mol. The summed E-state index contributed by atoms with van der Waals surface area (Å²) in [7, 11) is 6.19. The molecule has 0 radical (unpaired) electrons. The largest absolute Gasteiger partial charge is 0.445 e. The van der Waals surface area contributed by atoms with E-state index in [1.165, 1.54) is 38.3 Å². The summed E-state index contributed by atoms with van der Waals surface area (Å²) in [4.78, 5) is 153. The van der Waals surface area contributed by atoms with Gasteiger partial charge in [-0.2, -0.15) is 13.2 Å². The standard InChI is InChI=1S/C75H117F3N10O15/c1-15-48(8)67(58(101-13)43-63(94)87-40-24-28-55(87)69(102-14)50(10)56(89)41-49(9)68(95)52-25-18-16-19-26-52)86(12)72(98)65(46(4)5)84-71(97)66(47(6)7)85(11)60(91)30-23-38-81-74(100)103-44-51-31-33-54(34-32-51)82-70(96)53(27-22-37-80-73(79)99)42-57(90)64(45(2)3)83-59(75(76,77)78)29-20-17-21-39-88-61(92)35-36-62(88)93/h16,18-19,25-26,31-34,45-50,53,55,58-59,64-69,83,95H,15,17,20-24,27-30,35-44H2,1-14H3,(H,81,100)(H,82,96)(H,84,97)(H3,79,80,99)/t48-,49-,50-,53+,55-,58+,59-,64-,65-,66-,67-,68+,69+/m0/s1. The smallest absolute Gasteiger partial charge is 0.407 e. The van der Waals surface area contributed by atoms with Gasteiger partial charge in [0, 0.05) is 104 Å². The Hall–Kier alpha value is -7.56. The van der Waals surface area contributed by atoms with Crippen LogP contribution in [0.5, 0.6) is 0 Å². The molecule has 28 heteroatoms. The number of likely N-dealkylation sites (N-methyl/N-ethyl adjacent to an activating group) is 2. The quantitative estimate of drug-likeness (QED) is 0.0240. The number of ether oxygens (including phenoxy) is 3. The van der Waals surface area contributed by atoms with E-state index < -0.39 is 138 Å². The maximum Gasteiger partial charge on any atom is 0.407 e. The number of nitrogens with zero attached hydrogens (tertiary/aromatic N) is 4. The molecule has 0 unspecified atom stereocenters. The first-order chi connectivity index (χ1) is 48.6. The van der Waals surface area contributed by atoms with Gasteiger partial charge in [-0.15, -0.1) is 0 Å². The minimum absolute atomic E-state index is 0.0335. The van der Waals surface area contributed by atoms with Crippen molar-refractivity contribution in [1.29, 1.82) is 0 Å². The van der Waals surface area contributed by atoms with Gasteiger partial charge in [-0.3, -0.25) is 53.4 Å². The number of nitrogens with one attached hydrogen (secondary N) is 5. The molecule has 8 N–H and O–H groups in total. The normalized spacial score (nSPS) is 17.7. The average molecular weight is 1460 g/mol. The van der Waals surface area contributed by atoms with Crippen LogP contribution in [0.1, 0.15) is 189 Å². The van der Waals surface area contributed by atoms with Crippen molar-refractivity contribution in [1.82, 2.24) is 40.9 Å². The average Bonchev–Trinajstić information content (AvgIpc) is 1.80. The van der Waals surface area contributed by atoms with E-state index in [-0.39, 0.29) is 126 Å². The van der Waals surface area contributed by atoms with E-state index in [1.807, 2.05) is 51.1 Å². The molecule has 10 amide bonds. The number of primary amides is 1. The van der Waals surface area contributed by atoms with Gasteiger partial charge < -0.3 is 61.0 Å². The minimum atomic E-state index is -4.72. The summed E-state index contributed by atoms with van der Waals surface area (Å²) in [6.45, 7) is 18.5. The number of ketones is 2. The van der Waals surface area contributed by atoms with Crippen LogP contribution in [0, 0.1) is 41.4 Å². The Morgan fingerprint density at radius 2 is 1.34 bits per heavy atom. The van der Waals surface area contributed by atoms with Crippen molar-refractivity contribution in [3.8, 4) is 0 Å². The third-order valence-corrected chi connectivity index (χ3v) is 20.1. The first-order valence-electron chi connectivity index (χ1n) is 36.5. The maximum atomic E-state index is 14.8. The second kappa shape index (κ2) is 43.0. The molecule has 2 fully saturated rings. The van der Waals surface area contributed by atoms with Gasteiger partial charge in [0.25, 0.3) is 0 Å². The van der Waals surface area contributed by atoms with Crippen LogP contribution in [-0.4, -0.2) is 199 Å². The number of nitrogens with two attached hydrogens (primary N) is 1. The van der Waals surface area contributed by atoms with Gasteiger partial charge in [-0.1, -0.05) is 131 Å². The molecule has 13 atom stereocenters. The van der Waals surface area contributed by atoms with E-state index in [0.717, 1.165) is 10.5 Å². The number of amides is 10. The first-order valence-corrected chi connectivity index (χ1v) is 36.5. The van der Waals surface area contributed by atoms with E-state index in [9.17, 15) is 71.0 Å². The fourth-order valence-electron chi connectivity index (χ4n) is 13.9. The van der Waals surface area contributed by atoms with Gasteiger partial charge in [-0.25, -0.2) is 9.59 Å². The van der Waals surface area contributed by atoms with Crippen LogP contribution in [0.4, 0.5) is 28.4 Å². The SMILES string of the molecule is CC[C@H](C)[C@@H]([C@@H](CC(=O)N1CCC[C@H]1[C@H](OC)[C@@H](C)C(=O)C[C@H](C)[C@@H](O)c1ccccc1)OC)N(C)C(=O)[C@@H](NC(=O)[C@H](C(C)C)N(C)C(=O)CCCNC(=O)OCc1ccc(NC(=O)[C@H](CCCNC(N)=O)CC(=O)[C@@H](N[C@@H](CCCCCN2C(=O)CCC2=O)C(F)(F)F)C(C)C)cc1)C(C)C. The molecule has 578 valence electrons. The molecule has 0 aromatic heterocycles. The summed E-state index contributed by atoms with van der Waals surface area (Å²) < 4.78 is 60.8. The van der Waals surface area contributed by atoms with Crippen molar-refractivity contribution in [2.45, 2.75) is 239 Å². The van der Waals surface area contributed by atoms with Crippen molar-refractivity contribution in [3.63, 3.8) is 0 Å². The molecule has 0 bridgehead atoms. The number of alkyl halides is 3. The molecule has 2 saturated heterocycles. The monoisotopic (exact) mass is 1450 g/mol. The van der Waals surface area contributed by atoms with Crippen molar-refractivity contribution in [2.24, 2.45) is 47.2 Å². The summed E-state index contributed by atoms with van der Waals surface area (Å²) in [6.07, 6.45) is -5.15. The number of benzene rings is 2. The Labute approximate surface area is 606 Å². The van der Waals surface area contributed by atoms with E-state index in [2.05, 4.69) is 26.6 Å². The molecule has 25 nitrogen and oxygen atoms in total. The molecule has 0 aliphatic carbocycles. The molecular weight excluding hydrogens is 1340 g/mol. The number of anilines is 1.